The van der Waals surface area contributed by atoms with E-state index in [9.17, 15) is 9.90 Å². The van der Waals surface area contributed by atoms with Crippen LogP contribution in [-0.4, -0.2) is 65.6 Å². The summed E-state index contributed by atoms with van der Waals surface area (Å²) in [4.78, 5) is 20.7. The van der Waals surface area contributed by atoms with E-state index >= 15 is 0 Å². The average molecular weight is 358 g/mol. The summed E-state index contributed by atoms with van der Waals surface area (Å²) in [6.45, 7) is 4.24. The number of carboxylic acids is 1. The zero-order chi connectivity index (χ0) is 17.9. The van der Waals surface area contributed by atoms with Gasteiger partial charge in [0.05, 0.1) is 5.56 Å². The predicted octanol–water partition coefficient (Wildman–Crippen LogP) is 1.10. The molecular weight excluding hydrogens is 332 g/mol. The fourth-order valence-corrected chi connectivity index (χ4v) is 3.81. The maximum absolute atomic E-state index is 11.2. The van der Waals surface area contributed by atoms with Crippen LogP contribution in [0.5, 0.6) is 0 Å². The number of likely N-dealkylation sites (tertiary alicyclic amines) is 2. The first kappa shape index (κ1) is 17.3. The van der Waals surface area contributed by atoms with Crippen LogP contribution in [0.4, 0.5) is 5.69 Å². The van der Waals surface area contributed by atoms with Crippen molar-refractivity contribution in [2.45, 2.75) is 38.3 Å². The molecule has 2 saturated heterocycles. The van der Waals surface area contributed by atoms with Gasteiger partial charge in [0.2, 0.25) is 5.96 Å². The molecule has 4 N–H and O–H groups in total. The number of anilines is 1. The fourth-order valence-electron chi connectivity index (χ4n) is 3.81. The number of guanidine groups is 1. The van der Waals surface area contributed by atoms with Crippen molar-refractivity contribution in [2.24, 2.45) is 4.99 Å². The number of benzene rings is 1. The van der Waals surface area contributed by atoms with Gasteiger partial charge in [-0.15, -0.1) is 0 Å². The Hall–Kier alpha value is -2.16. The minimum atomic E-state index is -0.932. The lowest BCUT2D eigenvalue weighted by molar-refractivity contribution is 0.0697. The normalized spacial score (nSPS) is 27.2. The third-order valence-electron chi connectivity index (χ3n) is 5.20. The number of carbonyl (C=O) groups is 1. The highest BCUT2D eigenvalue weighted by Crippen LogP contribution is 2.18. The van der Waals surface area contributed by atoms with Crippen LogP contribution in [0.1, 0.15) is 36.0 Å². The van der Waals surface area contributed by atoms with Crippen LogP contribution in [0.3, 0.4) is 0 Å². The van der Waals surface area contributed by atoms with Gasteiger partial charge in [0.1, 0.15) is 6.29 Å². The Morgan fingerprint density at radius 1 is 1.12 bits per heavy atom. The maximum atomic E-state index is 11.2. The van der Waals surface area contributed by atoms with E-state index in [4.69, 9.17) is 4.99 Å². The summed E-state index contributed by atoms with van der Waals surface area (Å²) in [5.41, 5.74) is 0.982. The molecule has 1 aromatic carbocycles. The van der Waals surface area contributed by atoms with Crippen LogP contribution in [-0.2, 0) is 0 Å². The number of carboxylic acid groups (broad SMARTS) is 1. The first-order chi connectivity index (χ1) is 12.7. The molecule has 1 aromatic rings. The van der Waals surface area contributed by atoms with Gasteiger partial charge in [0.25, 0.3) is 0 Å². The Morgan fingerprint density at radius 2 is 1.81 bits per heavy atom. The van der Waals surface area contributed by atoms with Gasteiger partial charge in [-0.1, -0.05) is 6.07 Å². The summed E-state index contributed by atoms with van der Waals surface area (Å²) in [6.07, 6.45) is 4.82. The number of hydrogen-bond donors (Lipinski definition) is 4. The monoisotopic (exact) mass is 358 g/mol. The first-order valence-electron chi connectivity index (χ1n) is 9.38. The quantitative estimate of drug-likeness (QED) is 0.641. The lowest BCUT2D eigenvalue weighted by atomic mass is 10.2. The lowest BCUT2D eigenvalue weighted by Crippen LogP contribution is -2.65. The molecule has 2 unspecified atom stereocenters. The molecule has 0 aliphatic carbocycles. The molecule has 140 valence electrons. The second kappa shape index (κ2) is 7.61. The van der Waals surface area contributed by atoms with Gasteiger partial charge in [-0.3, -0.25) is 9.80 Å². The Kier molecular flexibility index (Phi) is 5.05. The summed E-state index contributed by atoms with van der Waals surface area (Å²) in [5.74, 6) is -0.251. The Labute approximate surface area is 153 Å². The molecule has 0 radical (unpaired) electrons. The number of hydrogen-bond acceptors (Lipinski definition) is 7. The largest absolute Gasteiger partial charge is 0.478 e. The summed E-state index contributed by atoms with van der Waals surface area (Å²) >= 11 is 0. The molecule has 8 nitrogen and oxygen atoms in total. The SMILES string of the molecule is O=C(O)c1cccc(NC2=NC(N3CCCC3)NC(N3CCCC3)N2)c1. The minimum Gasteiger partial charge on any atom is -0.478 e. The molecule has 4 rings (SSSR count). The smallest absolute Gasteiger partial charge is 0.335 e. The Balaban J connectivity index is 1.53. The maximum Gasteiger partial charge on any atom is 0.335 e. The van der Waals surface area contributed by atoms with Gasteiger partial charge in [0.15, 0.2) is 6.29 Å². The van der Waals surface area contributed by atoms with Crippen molar-refractivity contribution in [3.8, 4) is 0 Å². The van der Waals surface area contributed by atoms with E-state index in [-0.39, 0.29) is 18.1 Å². The van der Waals surface area contributed by atoms with Crippen LogP contribution in [0.25, 0.3) is 0 Å². The van der Waals surface area contributed by atoms with Crippen molar-refractivity contribution in [1.82, 2.24) is 20.4 Å². The average Bonchev–Trinajstić information content (AvgIpc) is 3.35. The number of aliphatic imine (C=N–C) groups is 1. The van der Waals surface area contributed by atoms with Crippen molar-refractivity contribution in [3.05, 3.63) is 29.8 Å². The molecule has 2 atom stereocenters. The second-order valence-corrected chi connectivity index (χ2v) is 7.06. The van der Waals surface area contributed by atoms with E-state index in [1.807, 2.05) is 6.07 Å². The molecule has 3 heterocycles. The summed E-state index contributed by atoms with van der Waals surface area (Å²) in [5, 5.41) is 19.5. The Morgan fingerprint density at radius 3 is 2.50 bits per heavy atom. The third-order valence-corrected chi connectivity index (χ3v) is 5.20. The molecule has 8 heteroatoms. The van der Waals surface area contributed by atoms with Crippen molar-refractivity contribution in [3.63, 3.8) is 0 Å². The van der Waals surface area contributed by atoms with Crippen molar-refractivity contribution in [2.75, 3.05) is 31.5 Å². The van der Waals surface area contributed by atoms with Crippen molar-refractivity contribution < 1.29 is 9.90 Å². The van der Waals surface area contributed by atoms with E-state index in [1.54, 1.807) is 18.2 Å². The molecule has 0 bridgehead atoms. The molecule has 2 fully saturated rings. The van der Waals surface area contributed by atoms with E-state index in [1.165, 1.54) is 25.7 Å². The van der Waals surface area contributed by atoms with Crippen LogP contribution in [0.15, 0.2) is 29.3 Å². The fraction of sp³-hybridized carbons (Fsp3) is 0.556. The van der Waals surface area contributed by atoms with Gasteiger partial charge in [0, 0.05) is 31.9 Å². The minimum absolute atomic E-state index is 0.0331. The second-order valence-electron chi connectivity index (χ2n) is 7.06. The highest BCUT2D eigenvalue weighted by Gasteiger charge is 2.32. The molecule has 0 amide bonds. The summed E-state index contributed by atoms with van der Waals surface area (Å²) in [7, 11) is 0. The standard InChI is InChI=1S/C18H26N6O2/c25-15(26)13-6-5-7-14(12-13)19-16-20-17(23-8-1-2-9-23)22-18(21-16)24-10-3-4-11-24/h5-7,12,17-18,22H,1-4,8-11H2,(H,25,26)(H2,19,20,21). The van der Waals surface area contributed by atoms with Gasteiger partial charge in [-0.25, -0.2) is 15.1 Å². The molecule has 3 aliphatic rings. The zero-order valence-electron chi connectivity index (χ0n) is 14.8. The molecule has 0 spiro atoms. The topological polar surface area (TPSA) is 92.2 Å². The van der Waals surface area contributed by atoms with E-state index in [2.05, 4.69) is 25.8 Å². The number of nitrogens with zero attached hydrogens (tertiary/aromatic N) is 3. The number of aromatic carboxylic acids is 1. The van der Waals surface area contributed by atoms with Crippen molar-refractivity contribution >= 4 is 17.6 Å². The summed E-state index contributed by atoms with van der Waals surface area (Å²) < 4.78 is 0. The van der Waals surface area contributed by atoms with E-state index in [0.29, 0.717) is 5.96 Å². The van der Waals surface area contributed by atoms with Crippen molar-refractivity contribution in [1.29, 1.82) is 0 Å². The van der Waals surface area contributed by atoms with Gasteiger partial charge >= 0.3 is 5.97 Å². The molecule has 0 saturated carbocycles. The first-order valence-corrected chi connectivity index (χ1v) is 9.38. The lowest BCUT2D eigenvalue weighted by Gasteiger charge is -2.39. The van der Waals surface area contributed by atoms with Gasteiger partial charge in [-0.2, -0.15) is 0 Å². The van der Waals surface area contributed by atoms with Crippen LogP contribution in [0.2, 0.25) is 0 Å². The van der Waals surface area contributed by atoms with Crippen LogP contribution in [0, 0.1) is 0 Å². The number of rotatable bonds is 4. The predicted molar refractivity (Wildman–Crippen MR) is 99.9 cm³/mol. The van der Waals surface area contributed by atoms with Crippen LogP contribution < -0.4 is 16.0 Å². The molecule has 26 heavy (non-hydrogen) atoms. The van der Waals surface area contributed by atoms with Crippen LogP contribution >= 0.6 is 0 Å². The highest BCUT2D eigenvalue weighted by atomic mass is 16.4. The summed E-state index contributed by atoms with van der Waals surface area (Å²) in [6, 6.07) is 6.81. The molecule has 3 aliphatic heterocycles. The third kappa shape index (κ3) is 3.82. The van der Waals surface area contributed by atoms with Gasteiger partial charge in [-0.05, 0) is 43.9 Å². The van der Waals surface area contributed by atoms with E-state index in [0.717, 1.165) is 31.9 Å². The van der Waals surface area contributed by atoms with Gasteiger partial charge < -0.3 is 15.7 Å². The number of nitrogens with one attached hydrogen (secondary N) is 3. The molecule has 0 aromatic heterocycles. The molecular formula is C18H26N6O2. The van der Waals surface area contributed by atoms with E-state index < -0.39 is 5.97 Å². The zero-order valence-corrected chi connectivity index (χ0v) is 14.8. The Bertz CT molecular complexity index is 682. The highest BCUT2D eigenvalue weighted by molar-refractivity contribution is 5.96.